The van der Waals surface area contributed by atoms with Gasteiger partial charge in [-0.05, 0) is 5.41 Å². The lowest BCUT2D eigenvalue weighted by Crippen LogP contribution is -2.36. The average Bonchev–Trinajstić information content (AvgIpc) is 1.84. The molecule has 0 atom stereocenters. The van der Waals surface area contributed by atoms with Gasteiger partial charge in [-0.25, -0.2) is 0 Å². The van der Waals surface area contributed by atoms with E-state index in [0.717, 1.165) is 6.04 Å². The second-order valence-corrected chi connectivity index (χ2v) is 9.92. The standard InChI is InChI=1S/C7H17BrO2Si/c1-7(2,3)6-11(8,9-4)10-5/h6H2,1-5H3. The van der Waals surface area contributed by atoms with Gasteiger partial charge in [-0.3, -0.25) is 0 Å². The molecule has 2 nitrogen and oxygen atoms in total. The molecule has 4 heteroatoms. The van der Waals surface area contributed by atoms with Crippen molar-refractivity contribution < 1.29 is 8.85 Å². The van der Waals surface area contributed by atoms with Crippen molar-refractivity contribution in [1.82, 2.24) is 0 Å². The minimum absolute atomic E-state index is 0.252. The van der Waals surface area contributed by atoms with Crippen LogP contribution in [0.25, 0.3) is 0 Å². The summed E-state index contributed by atoms with van der Waals surface area (Å²) in [6.45, 7) is 6.52. The Labute approximate surface area is 78.1 Å². The molecule has 0 spiro atoms. The zero-order valence-electron chi connectivity index (χ0n) is 7.90. The van der Waals surface area contributed by atoms with Crippen molar-refractivity contribution in [3.8, 4) is 0 Å². The van der Waals surface area contributed by atoms with E-state index in [1.165, 1.54) is 0 Å². The van der Waals surface area contributed by atoms with Crippen LogP contribution in [0, 0.1) is 5.41 Å². The van der Waals surface area contributed by atoms with Crippen molar-refractivity contribution in [3.05, 3.63) is 0 Å². The van der Waals surface area contributed by atoms with Gasteiger partial charge in [0.1, 0.15) is 0 Å². The van der Waals surface area contributed by atoms with Crippen LogP contribution < -0.4 is 0 Å². The SMILES string of the molecule is CO[Si](Br)(CC(C)(C)C)OC. The molecule has 0 rings (SSSR count). The van der Waals surface area contributed by atoms with Gasteiger partial charge in [-0.15, -0.1) is 0 Å². The van der Waals surface area contributed by atoms with Crippen molar-refractivity contribution in [2.75, 3.05) is 14.2 Å². The van der Waals surface area contributed by atoms with Crippen LogP contribution in [0.1, 0.15) is 20.8 Å². The molecule has 0 saturated heterocycles. The largest absolute Gasteiger partial charge is 0.414 e. The quantitative estimate of drug-likeness (QED) is 0.558. The molecule has 11 heavy (non-hydrogen) atoms. The van der Waals surface area contributed by atoms with E-state index >= 15 is 0 Å². The van der Waals surface area contributed by atoms with Crippen LogP contribution in [0.5, 0.6) is 0 Å². The summed E-state index contributed by atoms with van der Waals surface area (Å²) in [6.07, 6.45) is 0. The Bertz CT molecular complexity index is 118. The molecule has 0 amide bonds. The number of halogens is 1. The van der Waals surface area contributed by atoms with Crippen molar-refractivity contribution in [3.63, 3.8) is 0 Å². The molecule has 0 saturated carbocycles. The lowest BCUT2D eigenvalue weighted by atomic mass is 10.0. The first-order valence-electron chi connectivity index (χ1n) is 3.62. The molecule has 0 aromatic rings. The van der Waals surface area contributed by atoms with Crippen molar-refractivity contribution in [1.29, 1.82) is 0 Å². The molecule has 0 fully saturated rings. The van der Waals surface area contributed by atoms with E-state index in [1.54, 1.807) is 14.2 Å². The molecule has 0 radical (unpaired) electrons. The molecular formula is C7H17BrO2Si. The fraction of sp³-hybridized carbons (Fsp3) is 1.00. The van der Waals surface area contributed by atoms with Gasteiger partial charge in [0.05, 0.1) is 0 Å². The third kappa shape index (κ3) is 4.95. The summed E-state index contributed by atoms with van der Waals surface area (Å²) in [4.78, 5) is 0. The zero-order chi connectivity index (χ0) is 9.12. The van der Waals surface area contributed by atoms with E-state index < -0.39 is 7.18 Å². The van der Waals surface area contributed by atoms with Crippen molar-refractivity contribution in [2.24, 2.45) is 5.41 Å². The summed E-state index contributed by atoms with van der Waals surface area (Å²) in [6, 6.07) is 0.951. The minimum atomic E-state index is -2.02. The van der Waals surface area contributed by atoms with E-state index in [9.17, 15) is 0 Å². The summed E-state index contributed by atoms with van der Waals surface area (Å²) in [5, 5.41) is 0. The summed E-state index contributed by atoms with van der Waals surface area (Å²) < 4.78 is 10.6. The van der Waals surface area contributed by atoms with Crippen LogP contribution in [0.4, 0.5) is 0 Å². The smallest absolute Gasteiger partial charge is 0.390 e. The molecule has 0 aliphatic carbocycles. The highest BCUT2D eigenvalue weighted by molar-refractivity contribution is 9.25. The van der Waals surface area contributed by atoms with Crippen LogP contribution in [0.3, 0.4) is 0 Å². The van der Waals surface area contributed by atoms with E-state index in [1.807, 2.05) is 0 Å². The Morgan fingerprint density at radius 2 is 1.55 bits per heavy atom. The second kappa shape index (κ2) is 4.03. The van der Waals surface area contributed by atoms with E-state index in [4.69, 9.17) is 8.85 Å². The maximum absolute atomic E-state index is 5.30. The summed E-state index contributed by atoms with van der Waals surface area (Å²) >= 11 is 3.51. The summed E-state index contributed by atoms with van der Waals surface area (Å²) in [7, 11) is 1.36. The van der Waals surface area contributed by atoms with Gasteiger partial charge in [0.2, 0.25) is 0 Å². The predicted molar refractivity (Wildman–Crippen MR) is 53.0 cm³/mol. The fourth-order valence-corrected chi connectivity index (χ4v) is 5.11. The van der Waals surface area contributed by atoms with Crippen LogP contribution in [0.2, 0.25) is 6.04 Å². The van der Waals surface area contributed by atoms with Crippen LogP contribution in [-0.2, 0) is 8.85 Å². The Morgan fingerprint density at radius 3 is 1.64 bits per heavy atom. The predicted octanol–water partition coefficient (Wildman–Crippen LogP) is 2.66. The van der Waals surface area contributed by atoms with Crippen LogP contribution >= 0.6 is 15.3 Å². The van der Waals surface area contributed by atoms with Crippen LogP contribution in [0.15, 0.2) is 0 Å². The molecular weight excluding hydrogens is 224 g/mol. The van der Waals surface area contributed by atoms with E-state index in [0.29, 0.717) is 0 Å². The zero-order valence-corrected chi connectivity index (χ0v) is 10.5. The van der Waals surface area contributed by atoms with Gasteiger partial charge < -0.3 is 8.85 Å². The lowest BCUT2D eigenvalue weighted by molar-refractivity contribution is 0.252. The molecule has 0 unspecified atom stereocenters. The maximum Gasteiger partial charge on any atom is 0.414 e. The van der Waals surface area contributed by atoms with E-state index in [2.05, 4.69) is 36.1 Å². The Morgan fingerprint density at radius 1 is 1.18 bits per heavy atom. The first-order valence-corrected chi connectivity index (χ1v) is 7.90. The topological polar surface area (TPSA) is 18.5 Å². The van der Waals surface area contributed by atoms with Gasteiger partial charge >= 0.3 is 7.18 Å². The average molecular weight is 241 g/mol. The van der Waals surface area contributed by atoms with Gasteiger partial charge in [-0.1, -0.05) is 36.1 Å². The first-order chi connectivity index (χ1) is 4.83. The number of hydrogen-bond acceptors (Lipinski definition) is 2. The van der Waals surface area contributed by atoms with Gasteiger partial charge in [0, 0.05) is 20.3 Å². The molecule has 0 N–H and O–H groups in total. The summed E-state index contributed by atoms with van der Waals surface area (Å²) in [5.41, 5.74) is 0.252. The normalized spacial score (nSPS) is 13.6. The molecule has 0 aromatic heterocycles. The van der Waals surface area contributed by atoms with E-state index in [-0.39, 0.29) is 5.41 Å². The third-order valence-corrected chi connectivity index (χ3v) is 6.84. The first kappa shape index (κ1) is 11.6. The van der Waals surface area contributed by atoms with Crippen LogP contribution in [-0.4, -0.2) is 21.4 Å². The lowest BCUT2D eigenvalue weighted by Gasteiger charge is -2.28. The Hall–Kier alpha value is 0.617. The number of rotatable bonds is 3. The van der Waals surface area contributed by atoms with Gasteiger partial charge in [-0.2, -0.15) is 0 Å². The highest BCUT2D eigenvalue weighted by Gasteiger charge is 2.37. The fourth-order valence-electron chi connectivity index (χ4n) is 0.861. The third-order valence-electron chi connectivity index (χ3n) is 1.35. The van der Waals surface area contributed by atoms with Crippen molar-refractivity contribution in [2.45, 2.75) is 26.8 Å². The minimum Gasteiger partial charge on any atom is -0.390 e. The highest BCUT2D eigenvalue weighted by atomic mass is 79.9. The molecule has 0 aliphatic heterocycles. The van der Waals surface area contributed by atoms with Gasteiger partial charge in [0.15, 0.2) is 0 Å². The monoisotopic (exact) mass is 240 g/mol. The Kier molecular flexibility index (Phi) is 4.25. The maximum atomic E-state index is 5.30. The molecule has 0 aliphatic rings. The molecule has 0 heterocycles. The number of hydrogen-bond donors (Lipinski definition) is 0. The molecule has 0 bridgehead atoms. The van der Waals surface area contributed by atoms with Gasteiger partial charge in [0.25, 0.3) is 0 Å². The Balaban J connectivity index is 4.08. The highest BCUT2D eigenvalue weighted by Crippen LogP contribution is 2.31. The molecule has 68 valence electrons. The summed E-state index contributed by atoms with van der Waals surface area (Å²) in [5.74, 6) is 0. The second-order valence-electron chi connectivity index (χ2n) is 3.81. The molecule has 0 aromatic carbocycles. The van der Waals surface area contributed by atoms with Crippen molar-refractivity contribution >= 4 is 22.5 Å².